The van der Waals surface area contributed by atoms with E-state index in [0.717, 1.165) is 5.56 Å². The predicted octanol–water partition coefficient (Wildman–Crippen LogP) is 4.04. The van der Waals surface area contributed by atoms with E-state index in [0.29, 0.717) is 17.0 Å². The van der Waals surface area contributed by atoms with Crippen molar-refractivity contribution in [3.63, 3.8) is 0 Å². The van der Waals surface area contributed by atoms with Crippen molar-refractivity contribution < 1.29 is 19.2 Å². The fourth-order valence-corrected chi connectivity index (χ4v) is 2.69. The molecule has 0 radical (unpaired) electrons. The van der Waals surface area contributed by atoms with E-state index in [1.54, 1.807) is 19.1 Å². The lowest BCUT2D eigenvalue weighted by Crippen LogP contribution is -2.22. The van der Waals surface area contributed by atoms with Crippen LogP contribution in [0.15, 0.2) is 47.6 Å². The molecule has 0 heterocycles. The van der Waals surface area contributed by atoms with Crippen molar-refractivity contribution >= 4 is 28.9 Å². The Balaban J connectivity index is 1.98. The molecule has 164 valence electrons. The van der Waals surface area contributed by atoms with Crippen molar-refractivity contribution in [3.05, 3.63) is 63.7 Å². The number of carbonyl (C=O) groups is 2. The second-order valence-electron chi connectivity index (χ2n) is 7.98. The summed E-state index contributed by atoms with van der Waals surface area (Å²) in [7, 11) is 1.39. The van der Waals surface area contributed by atoms with Gasteiger partial charge in [-0.3, -0.25) is 19.7 Å². The number of hydrazone groups is 1. The zero-order chi connectivity index (χ0) is 23.2. The van der Waals surface area contributed by atoms with Crippen LogP contribution in [0, 0.1) is 10.1 Å². The molecule has 9 nitrogen and oxygen atoms in total. The molecule has 0 unspecified atom stereocenters. The predicted molar refractivity (Wildman–Crippen MR) is 119 cm³/mol. The van der Waals surface area contributed by atoms with Gasteiger partial charge in [0, 0.05) is 11.3 Å². The van der Waals surface area contributed by atoms with E-state index in [-0.39, 0.29) is 23.2 Å². The monoisotopic (exact) mass is 426 g/mol. The molecule has 0 bridgehead atoms. The molecule has 31 heavy (non-hydrogen) atoms. The molecule has 0 aliphatic carbocycles. The molecule has 2 aromatic carbocycles. The average molecular weight is 426 g/mol. The van der Waals surface area contributed by atoms with Crippen LogP contribution in [0.3, 0.4) is 0 Å². The van der Waals surface area contributed by atoms with E-state index in [4.69, 9.17) is 4.74 Å². The summed E-state index contributed by atoms with van der Waals surface area (Å²) < 4.78 is 4.97. The zero-order valence-corrected chi connectivity index (χ0v) is 18.2. The number of hydrogen-bond donors (Lipinski definition) is 2. The quantitative estimate of drug-likeness (QED) is 0.393. The van der Waals surface area contributed by atoms with Crippen LogP contribution in [0.1, 0.15) is 50.0 Å². The third kappa shape index (κ3) is 6.63. The van der Waals surface area contributed by atoms with Gasteiger partial charge in [-0.25, -0.2) is 5.43 Å². The summed E-state index contributed by atoms with van der Waals surface area (Å²) in [6.45, 7) is 7.83. The minimum atomic E-state index is -0.607. The van der Waals surface area contributed by atoms with Gasteiger partial charge in [0.15, 0.2) is 0 Å². The molecule has 0 aliphatic heterocycles. The molecule has 0 aliphatic rings. The van der Waals surface area contributed by atoms with E-state index in [1.165, 1.54) is 25.3 Å². The number of nitro groups is 1. The number of amides is 2. The van der Waals surface area contributed by atoms with Crippen LogP contribution in [0.2, 0.25) is 0 Å². The number of hydrogen-bond acceptors (Lipinski definition) is 6. The van der Waals surface area contributed by atoms with Crippen molar-refractivity contribution in [3.8, 4) is 5.75 Å². The highest BCUT2D eigenvalue weighted by molar-refractivity contribution is 6.06. The minimum Gasteiger partial charge on any atom is -0.496 e. The van der Waals surface area contributed by atoms with E-state index in [9.17, 15) is 19.7 Å². The maximum absolute atomic E-state index is 12.3. The summed E-state index contributed by atoms with van der Waals surface area (Å²) >= 11 is 0. The smallest absolute Gasteiger partial charge is 0.296 e. The molecule has 2 rings (SSSR count). The molecule has 9 heteroatoms. The van der Waals surface area contributed by atoms with Crippen LogP contribution < -0.4 is 15.5 Å². The molecule has 0 saturated carbocycles. The van der Waals surface area contributed by atoms with Crippen molar-refractivity contribution in [2.24, 2.45) is 5.10 Å². The van der Waals surface area contributed by atoms with Crippen LogP contribution >= 0.6 is 0 Å². The number of anilines is 1. The number of nitrogens with zero attached hydrogens (tertiary/aromatic N) is 2. The Morgan fingerprint density at radius 1 is 1.13 bits per heavy atom. The lowest BCUT2D eigenvalue weighted by Gasteiger charge is -2.18. The van der Waals surface area contributed by atoms with Gasteiger partial charge in [0.05, 0.1) is 24.5 Å². The summed E-state index contributed by atoms with van der Waals surface area (Å²) in [6, 6.07) is 11.3. The number of methoxy groups -OCH3 is 1. The molecular weight excluding hydrogens is 400 g/mol. The SMILES string of the molecule is COc1ccc(NC(=O)CC(C)=NNC(=O)c2ccc(C(C)(C)C)cc2)c([N+](=O)[O-])c1. The van der Waals surface area contributed by atoms with Gasteiger partial charge in [-0.2, -0.15) is 5.10 Å². The third-order valence-electron chi connectivity index (χ3n) is 4.45. The van der Waals surface area contributed by atoms with Gasteiger partial charge >= 0.3 is 0 Å². The average Bonchev–Trinajstić information content (AvgIpc) is 2.71. The van der Waals surface area contributed by atoms with Gasteiger partial charge in [0.2, 0.25) is 5.91 Å². The highest BCUT2D eigenvalue weighted by Crippen LogP contribution is 2.29. The van der Waals surface area contributed by atoms with Crippen LogP contribution in [0.5, 0.6) is 5.75 Å². The van der Waals surface area contributed by atoms with E-state index in [2.05, 4.69) is 36.6 Å². The summed E-state index contributed by atoms with van der Waals surface area (Å²) in [6.07, 6.45) is -0.146. The summed E-state index contributed by atoms with van der Waals surface area (Å²) in [5.41, 5.74) is 4.05. The lowest BCUT2D eigenvalue weighted by molar-refractivity contribution is -0.384. The molecule has 2 amide bonds. The molecule has 2 aromatic rings. The summed E-state index contributed by atoms with van der Waals surface area (Å²) in [5, 5.41) is 17.6. The van der Waals surface area contributed by atoms with Gasteiger partial charge < -0.3 is 10.1 Å². The fraction of sp³-hybridized carbons (Fsp3) is 0.318. The van der Waals surface area contributed by atoms with Crippen molar-refractivity contribution in [2.45, 2.75) is 39.5 Å². The van der Waals surface area contributed by atoms with Gasteiger partial charge in [0.1, 0.15) is 11.4 Å². The number of ether oxygens (including phenoxy) is 1. The van der Waals surface area contributed by atoms with Crippen molar-refractivity contribution in [2.75, 3.05) is 12.4 Å². The van der Waals surface area contributed by atoms with Crippen LogP contribution in [0.4, 0.5) is 11.4 Å². The van der Waals surface area contributed by atoms with Crippen LogP contribution in [-0.2, 0) is 10.2 Å². The Hall–Kier alpha value is -3.75. The number of rotatable bonds is 7. The Kier molecular flexibility index (Phi) is 7.47. The summed E-state index contributed by atoms with van der Waals surface area (Å²) in [5.74, 6) is -0.593. The topological polar surface area (TPSA) is 123 Å². The Morgan fingerprint density at radius 3 is 2.32 bits per heavy atom. The van der Waals surface area contributed by atoms with Crippen LogP contribution in [0.25, 0.3) is 0 Å². The van der Waals surface area contributed by atoms with Gasteiger partial charge in [0.25, 0.3) is 11.6 Å². The second kappa shape index (κ2) is 9.84. The maximum atomic E-state index is 12.3. The molecule has 0 fully saturated rings. The van der Waals surface area contributed by atoms with Gasteiger partial charge in [-0.15, -0.1) is 0 Å². The van der Waals surface area contributed by atoms with Gasteiger partial charge in [-0.05, 0) is 42.2 Å². The lowest BCUT2D eigenvalue weighted by atomic mass is 9.87. The number of nitro benzene ring substituents is 1. The second-order valence-corrected chi connectivity index (χ2v) is 7.98. The first-order valence-corrected chi connectivity index (χ1v) is 9.57. The standard InChI is InChI=1S/C22H26N4O5/c1-14(24-25-21(28)15-6-8-16(9-7-15)22(2,3)4)12-20(27)23-18-11-10-17(31-5)13-19(18)26(29)30/h6-11,13H,12H2,1-5H3,(H,23,27)(H,25,28). The number of benzene rings is 2. The number of nitrogens with one attached hydrogen (secondary N) is 2. The zero-order valence-electron chi connectivity index (χ0n) is 18.2. The van der Waals surface area contributed by atoms with Crippen molar-refractivity contribution in [1.82, 2.24) is 5.43 Å². The maximum Gasteiger partial charge on any atom is 0.296 e. The normalized spacial score (nSPS) is 11.6. The largest absolute Gasteiger partial charge is 0.496 e. The van der Waals surface area contributed by atoms with E-state index in [1.807, 2.05) is 12.1 Å². The molecule has 2 N–H and O–H groups in total. The molecule has 0 spiro atoms. The first-order valence-electron chi connectivity index (χ1n) is 9.57. The van der Waals surface area contributed by atoms with Gasteiger partial charge in [-0.1, -0.05) is 32.9 Å². The first-order chi connectivity index (χ1) is 14.5. The van der Waals surface area contributed by atoms with Crippen LogP contribution in [-0.4, -0.2) is 29.6 Å². The Labute approximate surface area is 180 Å². The molecule has 0 aromatic heterocycles. The van der Waals surface area contributed by atoms with Crippen molar-refractivity contribution in [1.29, 1.82) is 0 Å². The Morgan fingerprint density at radius 2 is 1.77 bits per heavy atom. The molecule has 0 atom stereocenters. The highest BCUT2D eigenvalue weighted by Gasteiger charge is 2.18. The first kappa shape index (κ1) is 23.5. The highest BCUT2D eigenvalue weighted by atomic mass is 16.6. The molecular formula is C22H26N4O5. The number of carbonyl (C=O) groups excluding carboxylic acids is 2. The minimum absolute atomic E-state index is 0.0178. The summed E-state index contributed by atoms with van der Waals surface area (Å²) in [4.78, 5) is 35.1. The third-order valence-corrected chi connectivity index (χ3v) is 4.45. The Bertz CT molecular complexity index is 1010. The van der Waals surface area contributed by atoms with E-state index >= 15 is 0 Å². The molecule has 0 saturated heterocycles. The van der Waals surface area contributed by atoms with E-state index < -0.39 is 16.7 Å². The fourth-order valence-electron chi connectivity index (χ4n) is 2.69.